The minimum Gasteiger partial charge on any atom is -0.342 e. The summed E-state index contributed by atoms with van der Waals surface area (Å²) in [5.41, 5.74) is 5.90. The smallest absolute Gasteiger partial charge is 0.222 e. The molecule has 98 valence electrons. The Morgan fingerprint density at radius 1 is 1.41 bits per heavy atom. The van der Waals surface area contributed by atoms with E-state index in [2.05, 4.69) is 6.92 Å². The van der Waals surface area contributed by atoms with E-state index in [0.717, 1.165) is 25.9 Å². The first-order valence-corrected chi connectivity index (χ1v) is 7.93. The highest BCUT2D eigenvalue weighted by atomic mass is 32.2. The normalized spacial score (nSPS) is 28.4. The van der Waals surface area contributed by atoms with Crippen molar-refractivity contribution in [3.05, 3.63) is 0 Å². The van der Waals surface area contributed by atoms with Crippen molar-refractivity contribution in [1.29, 1.82) is 0 Å². The highest BCUT2D eigenvalue weighted by Gasteiger charge is 2.29. The van der Waals surface area contributed by atoms with Crippen molar-refractivity contribution in [2.45, 2.75) is 38.6 Å². The first-order valence-electron chi connectivity index (χ1n) is 6.78. The summed E-state index contributed by atoms with van der Waals surface area (Å²) in [5.74, 6) is 3.99. The van der Waals surface area contributed by atoms with Gasteiger partial charge in [-0.2, -0.15) is 11.8 Å². The van der Waals surface area contributed by atoms with Gasteiger partial charge >= 0.3 is 0 Å². The van der Waals surface area contributed by atoms with Crippen LogP contribution in [-0.4, -0.2) is 41.4 Å². The van der Waals surface area contributed by atoms with Crippen LogP contribution >= 0.6 is 11.8 Å². The van der Waals surface area contributed by atoms with Crippen molar-refractivity contribution >= 4 is 17.7 Å². The Morgan fingerprint density at radius 2 is 2.12 bits per heavy atom. The van der Waals surface area contributed by atoms with Crippen LogP contribution in [0.15, 0.2) is 0 Å². The van der Waals surface area contributed by atoms with Crippen LogP contribution in [-0.2, 0) is 4.79 Å². The second-order valence-corrected chi connectivity index (χ2v) is 6.73. The molecule has 2 aliphatic rings. The Kier molecular flexibility index (Phi) is 4.74. The number of nitrogens with two attached hydrogens (primary N) is 1. The maximum Gasteiger partial charge on any atom is 0.222 e. The zero-order chi connectivity index (χ0) is 12.3. The molecule has 2 fully saturated rings. The van der Waals surface area contributed by atoms with Crippen LogP contribution in [0.5, 0.6) is 0 Å². The highest BCUT2D eigenvalue weighted by Crippen LogP contribution is 2.27. The van der Waals surface area contributed by atoms with Gasteiger partial charge in [0, 0.05) is 25.6 Å². The molecule has 0 aromatic rings. The topological polar surface area (TPSA) is 46.3 Å². The summed E-state index contributed by atoms with van der Waals surface area (Å²) in [5, 5.41) is 0. The van der Waals surface area contributed by atoms with Gasteiger partial charge in [-0.1, -0.05) is 0 Å². The second-order valence-electron chi connectivity index (χ2n) is 5.51. The van der Waals surface area contributed by atoms with Crippen LogP contribution in [0.4, 0.5) is 0 Å². The van der Waals surface area contributed by atoms with E-state index in [1.165, 1.54) is 24.3 Å². The maximum absolute atomic E-state index is 12.2. The standard InChI is InChI=1S/C13H24N2OS/c1-10(14)12-2-5-15(9-12)13(16)8-11-3-6-17-7-4-11/h10-12H,2-9,14H2,1H3. The van der Waals surface area contributed by atoms with Crippen molar-refractivity contribution in [2.75, 3.05) is 24.6 Å². The summed E-state index contributed by atoms with van der Waals surface area (Å²) in [7, 11) is 0. The van der Waals surface area contributed by atoms with Gasteiger partial charge in [-0.3, -0.25) is 4.79 Å². The molecule has 0 aromatic carbocycles. The lowest BCUT2D eigenvalue weighted by Crippen LogP contribution is -2.34. The molecular weight excluding hydrogens is 232 g/mol. The molecule has 0 aromatic heterocycles. The molecule has 0 aliphatic carbocycles. The van der Waals surface area contributed by atoms with Crippen LogP contribution in [0.2, 0.25) is 0 Å². The van der Waals surface area contributed by atoms with Crippen molar-refractivity contribution in [3.8, 4) is 0 Å². The fraction of sp³-hybridized carbons (Fsp3) is 0.923. The molecule has 3 nitrogen and oxygen atoms in total. The van der Waals surface area contributed by atoms with Gasteiger partial charge in [0.15, 0.2) is 0 Å². The third-order valence-corrected chi connectivity index (χ3v) is 5.17. The summed E-state index contributed by atoms with van der Waals surface area (Å²) in [6.07, 6.45) is 4.30. The Bertz CT molecular complexity index is 264. The number of nitrogens with zero attached hydrogens (tertiary/aromatic N) is 1. The van der Waals surface area contributed by atoms with E-state index in [1.807, 2.05) is 16.7 Å². The lowest BCUT2D eigenvalue weighted by Gasteiger charge is -2.24. The number of thioether (sulfide) groups is 1. The number of amides is 1. The lowest BCUT2D eigenvalue weighted by atomic mass is 9.98. The molecule has 2 rings (SSSR count). The molecule has 4 heteroatoms. The van der Waals surface area contributed by atoms with Gasteiger partial charge < -0.3 is 10.6 Å². The van der Waals surface area contributed by atoms with Gasteiger partial charge in [0.1, 0.15) is 0 Å². The summed E-state index contributed by atoms with van der Waals surface area (Å²) in [4.78, 5) is 14.2. The lowest BCUT2D eigenvalue weighted by molar-refractivity contribution is -0.131. The van der Waals surface area contributed by atoms with Crippen LogP contribution in [0.3, 0.4) is 0 Å². The minimum atomic E-state index is 0.221. The molecule has 2 N–H and O–H groups in total. The monoisotopic (exact) mass is 256 g/mol. The van der Waals surface area contributed by atoms with E-state index in [4.69, 9.17) is 5.73 Å². The van der Waals surface area contributed by atoms with Crippen molar-refractivity contribution in [2.24, 2.45) is 17.6 Å². The van der Waals surface area contributed by atoms with Crippen LogP contribution in [0.1, 0.15) is 32.6 Å². The predicted octanol–water partition coefficient (Wildman–Crippen LogP) is 1.72. The van der Waals surface area contributed by atoms with E-state index >= 15 is 0 Å². The number of rotatable bonds is 3. The summed E-state index contributed by atoms with van der Waals surface area (Å²) in [6.45, 7) is 3.86. The number of carbonyl (C=O) groups excluding carboxylic acids is 1. The molecule has 1 amide bonds. The van der Waals surface area contributed by atoms with Gasteiger partial charge in [-0.15, -0.1) is 0 Å². The molecule has 2 atom stereocenters. The van der Waals surface area contributed by atoms with Crippen molar-refractivity contribution in [1.82, 2.24) is 4.90 Å². The molecule has 0 spiro atoms. The Morgan fingerprint density at radius 3 is 2.71 bits per heavy atom. The average Bonchev–Trinajstić information content (AvgIpc) is 2.79. The summed E-state index contributed by atoms with van der Waals surface area (Å²) >= 11 is 2.02. The molecule has 0 bridgehead atoms. The maximum atomic E-state index is 12.2. The highest BCUT2D eigenvalue weighted by molar-refractivity contribution is 7.99. The van der Waals surface area contributed by atoms with Gasteiger partial charge in [0.05, 0.1) is 0 Å². The largest absolute Gasteiger partial charge is 0.342 e. The Labute approximate surface area is 108 Å². The quantitative estimate of drug-likeness (QED) is 0.836. The number of carbonyl (C=O) groups is 1. The fourth-order valence-corrected chi connectivity index (χ4v) is 3.97. The first-order chi connectivity index (χ1) is 8.16. The molecule has 17 heavy (non-hydrogen) atoms. The third kappa shape index (κ3) is 3.62. The van der Waals surface area contributed by atoms with Crippen LogP contribution < -0.4 is 5.73 Å². The van der Waals surface area contributed by atoms with E-state index in [0.29, 0.717) is 17.7 Å². The molecule has 0 radical (unpaired) electrons. The first kappa shape index (κ1) is 13.2. The Balaban J connectivity index is 1.76. The number of hydrogen-bond acceptors (Lipinski definition) is 3. The average molecular weight is 256 g/mol. The molecular formula is C13H24N2OS. The van der Waals surface area contributed by atoms with Crippen LogP contribution in [0.25, 0.3) is 0 Å². The van der Waals surface area contributed by atoms with E-state index in [1.54, 1.807) is 0 Å². The molecule has 2 heterocycles. The Hall–Kier alpha value is -0.220. The van der Waals surface area contributed by atoms with E-state index < -0.39 is 0 Å². The van der Waals surface area contributed by atoms with Crippen molar-refractivity contribution < 1.29 is 4.79 Å². The second kappa shape index (κ2) is 6.10. The van der Waals surface area contributed by atoms with Gasteiger partial charge in [-0.25, -0.2) is 0 Å². The van der Waals surface area contributed by atoms with Gasteiger partial charge in [-0.05, 0) is 49.5 Å². The molecule has 2 unspecified atom stereocenters. The van der Waals surface area contributed by atoms with Gasteiger partial charge in [0.2, 0.25) is 5.91 Å². The van der Waals surface area contributed by atoms with Gasteiger partial charge in [0.25, 0.3) is 0 Å². The zero-order valence-corrected chi connectivity index (χ0v) is 11.5. The molecule has 2 saturated heterocycles. The molecule has 2 aliphatic heterocycles. The van der Waals surface area contributed by atoms with Crippen LogP contribution in [0, 0.1) is 11.8 Å². The minimum absolute atomic E-state index is 0.221. The third-order valence-electron chi connectivity index (χ3n) is 4.13. The number of hydrogen-bond donors (Lipinski definition) is 1. The molecule has 0 saturated carbocycles. The van der Waals surface area contributed by atoms with Crippen molar-refractivity contribution in [3.63, 3.8) is 0 Å². The fourth-order valence-electron chi connectivity index (χ4n) is 2.77. The zero-order valence-electron chi connectivity index (χ0n) is 10.7. The predicted molar refractivity (Wildman–Crippen MR) is 73.0 cm³/mol. The van der Waals surface area contributed by atoms with E-state index in [-0.39, 0.29) is 6.04 Å². The SMILES string of the molecule is CC(N)C1CCN(C(=O)CC2CCSCC2)C1. The summed E-state index contributed by atoms with van der Waals surface area (Å²) < 4.78 is 0. The van der Waals surface area contributed by atoms with E-state index in [9.17, 15) is 4.79 Å². The number of likely N-dealkylation sites (tertiary alicyclic amines) is 1. The summed E-state index contributed by atoms with van der Waals surface area (Å²) in [6, 6.07) is 0.221.